The molecule has 0 saturated heterocycles. The maximum Gasteiger partial charge on any atom is 0.259 e. The second kappa shape index (κ2) is 16.5. The maximum absolute atomic E-state index is 12.1. The van der Waals surface area contributed by atoms with Gasteiger partial charge in [-0.2, -0.15) is 0 Å². The quantitative estimate of drug-likeness (QED) is 0.498. The largest absolute Gasteiger partial charge is 0.353 e. The van der Waals surface area contributed by atoms with E-state index in [2.05, 4.69) is 5.32 Å². The second-order valence-electron chi connectivity index (χ2n) is 8.24. The normalized spacial score (nSPS) is 16.0. The average molecular weight is 591 g/mol. The number of halogens is 1. The molecule has 11 heteroatoms. The Morgan fingerprint density at radius 2 is 1.28 bits per heavy atom. The van der Waals surface area contributed by atoms with Crippen molar-refractivity contribution in [3.63, 3.8) is 0 Å². The van der Waals surface area contributed by atoms with Gasteiger partial charge in [-0.25, -0.2) is 21.1 Å². The highest BCUT2D eigenvalue weighted by molar-refractivity contribution is 8.16. The Morgan fingerprint density at radius 1 is 0.744 bits per heavy atom. The third kappa shape index (κ3) is 13.8. The molecular weight excluding hydrogens is 560 g/mol. The Hall–Kier alpha value is -3.47. The number of rotatable bonds is 5. The van der Waals surface area contributed by atoms with Crippen LogP contribution < -0.4 is 5.32 Å². The molecule has 4 rings (SSSR count). The summed E-state index contributed by atoms with van der Waals surface area (Å²) in [6.07, 6.45) is 12.9. The van der Waals surface area contributed by atoms with Crippen LogP contribution in [0.25, 0.3) is 12.2 Å². The summed E-state index contributed by atoms with van der Waals surface area (Å²) < 4.78 is 46.1. The molecule has 2 aromatic rings. The number of sulfonamides is 1. The first kappa shape index (κ1) is 31.7. The van der Waals surface area contributed by atoms with E-state index in [4.69, 9.17) is 10.7 Å². The molecule has 2 heterocycles. The lowest BCUT2D eigenvalue weighted by molar-refractivity contribution is -0.121. The highest BCUT2D eigenvalue weighted by Crippen LogP contribution is 2.13. The molecule has 0 radical (unpaired) electrons. The molecule has 0 aromatic heterocycles. The molecule has 2 aromatic carbocycles. The van der Waals surface area contributed by atoms with E-state index in [1.54, 1.807) is 36.4 Å². The van der Waals surface area contributed by atoms with Gasteiger partial charge in [0.2, 0.25) is 5.91 Å². The Labute approximate surface area is 234 Å². The van der Waals surface area contributed by atoms with Crippen molar-refractivity contribution in [1.82, 2.24) is 9.62 Å². The van der Waals surface area contributed by atoms with Gasteiger partial charge >= 0.3 is 0 Å². The zero-order chi connectivity index (χ0) is 28.6. The van der Waals surface area contributed by atoms with E-state index in [1.807, 2.05) is 42.5 Å². The van der Waals surface area contributed by atoms with Gasteiger partial charge in [0, 0.05) is 35.3 Å². The van der Waals surface area contributed by atoms with Crippen molar-refractivity contribution in [3.8, 4) is 0 Å². The highest BCUT2D eigenvalue weighted by Gasteiger charge is 2.23. The summed E-state index contributed by atoms with van der Waals surface area (Å²) in [5.41, 5.74) is 1.59. The second-order valence-corrected chi connectivity index (χ2v) is 12.5. The number of hydrogen-bond donors (Lipinski definition) is 1. The van der Waals surface area contributed by atoms with Crippen LogP contribution in [0.1, 0.15) is 36.8 Å². The molecule has 8 nitrogen and oxygen atoms in total. The maximum atomic E-state index is 12.1. The van der Waals surface area contributed by atoms with Crippen molar-refractivity contribution in [3.05, 3.63) is 107 Å². The molecule has 0 aliphatic carbocycles. The first-order chi connectivity index (χ1) is 18.6. The lowest BCUT2D eigenvalue weighted by Crippen LogP contribution is -2.34. The smallest absolute Gasteiger partial charge is 0.259 e. The minimum absolute atomic E-state index is 0.0440. The molecule has 2 amide bonds. The zero-order valence-corrected chi connectivity index (χ0v) is 23.6. The Bertz CT molecular complexity index is 1400. The molecule has 1 N–H and O–H groups in total. The fraction of sp³-hybridized carbons (Fsp3) is 0.214. The summed E-state index contributed by atoms with van der Waals surface area (Å²) in [7, 11) is -2.26. The standard InChI is InChI=1S/C14H15NO3S.C8H7ClO2S.C6H9NO/c16-14-9-5-2-6-11-15(14)19(17,18)12-10-13-7-3-1-4-8-13;9-12(10,11)7-6-8-4-2-1-3-5-8;8-6-4-2-1-3-5-7-6/h1,3-5,7-10,12H,2,6,11H2;1-7H;2,4H,1,3,5H2,(H,7,8)/b12-10+;7-6+;. The molecule has 0 atom stereocenters. The van der Waals surface area contributed by atoms with E-state index in [-0.39, 0.29) is 12.5 Å². The number of carbonyl (C=O) groups is 2. The number of hydrogen-bond acceptors (Lipinski definition) is 6. The Kier molecular flexibility index (Phi) is 13.4. The Balaban J connectivity index is 0.000000227. The predicted molar refractivity (Wildman–Crippen MR) is 156 cm³/mol. The van der Waals surface area contributed by atoms with Gasteiger partial charge in [0.15, 0.2) is 0 Å². The monoisotopic (exact) mass is 590 g/mol. The summed E-state index contributed by atoms with van der Waals surface area (Å²) in [6, 6.07) is 18.2. The molecule has 2 aliphatic heterocycles. The van der Waals surface area contributed by atoms with Crippen molar-refractivity contribution in [1.29, 1.82) is 0 Å². The van der Waals surface area contributed by atoms with Gasteiger partial charge in [0.1, 0.15) is 0 Å². The average Bonchev–Trinajstić information content (AvgIpc) is 3.30. The summed E-state index contributed by atoms with van der Waals surface area (Å²) in [6.45, 7) is 1.05. The summed E-state index contributed by atoms with van der Waals surface area (Å²) in [5.74, 6) is -0.433. The molecule has 0 spiro atoms. The summed E-state index contributed by atoms with van der Waals surface area (Å²) in [5, 5.41) is 4.76. The van der Waals surface area contributed by atoms with Crippen molar-refractivity contribution in [2.75, 3.05) is 13.1 Å². The van der Waals surface area contributed by atoms with Crippen LogP contribution in [0, 0.1) is 0 Å². The van der Waals surface area contributed by atoms with Crippen LogP contribution in [-0.4, -0.2) is 46.0 Å². The minimum atomic E-state index is -3.70. The van der Waals surface area contributed by atoms with E-state index < -0.39 is 25.0 Å². The van der Waals surface area contributed by atoms with Gasteiger partial charge in [0.25, 0.3) is 25.0 Å². The van der Waals surface area contributed by atoms with Gasteiger partial charge in [0.05, 0.1) is 5.41 Å². The number of nitrogens with zero attached hydrogens (tertiary/aromatic N) is 1. The van der Waals surface area contributed by atoms with Crippen molar-refractivity contribution < 1.29 is 26.4 Å². The minimum Gasteiger partial charge on any atom is -0.353 e. The SMILES string of the molecule is O=C1C=CCCCN1.O=C1C=CCCCN1S(=O)(=O)/C=C/c1ccccc1.O=S(=O)(Cl)/C=C/c1ccccc1. The third-order valence-electron chi connectivity index (χ3n) is 5.12. The van der Waals surface area contributed by atoms with Crippen molar-refractivity contribution in [2.45, 2.75) is 25.7 Å². The Morgan fingerprint density at radius 3 is 1.87 bits per heavy atom. The summed E-state index contributed by atoms with van der Waals surface area (Å²) in [4.78, 5) is 22.2. The van der Waals surface area contributed by atoms with E-state index in [0.29, 0.717) is 6.42 Å². The fourth-order valence-corrected chi connectivity index (χ4v) is 4.84. The van der Waals surface area contributed by atoms with Crippen molar-refractivity contribution in [2.24, 2.45) is 0 Å². The first-order valence-corrected chi connectivity index (χ1v) is 16.0. The molecule has 0 fully saturated rings. The first-order valence-electron chi connectivity index (χ1n) is 12.2. The van der Waals surface area contributed by atoms with Crippen LogP contribution in [0.4, 0.5) is 0 Å². The lowest BCUT2D eigenvalue weighted by atomic mass is 10.2. The van der Waals surface area contributed by atoms with Gasteiger partial charge in [-0.05, 0) is 55.0 Å². The number of carbonyl (C=O) groups excluding carboxylic acids is 2. The number of benzene rings is 2. The van der Waals surface area contributed by atoms with E-state index in [0.717, 1.165) is 52.1 Å². The van der Waals surface area contributed by atoms with Crippen LogP contribution in [0.5, 0.6) is 0 Å². The van der Waals surface area contributed by atoms with Gasteiger partial charge in [-0.15, -0.1) is 0 Å². The molecule has 0 unspecified atom stereocenters. The zero-order valence-electron chi connectivity index (χ0n) is 21.2. The van der Waals surface area contributed by atoms with Crippen LogP contribution >= 0.6 is 10.7 Å². The lowest BCUT2D eigenvalue weighted by Gasteiger charge is -2.17. The number of allylic oxidation sites excluding steroid dienone is 2. The number of amides is 2. The van der Waals surface area contributed by atoms with Gasteiger partial charge in [-0.1, -0.05) is 72.8 Å². The summed E-state index contributed by atoms with van der Waals surface area (Å²) >= 11 is 0. The van der Waals surface area contributed by atoms with E-state index in [9.17, 15) is 26.4 Å². The molecular formula is C28H31ClN2O6S2. The number of nitrogens with one attached hydrogen (secondary N) is 1. The fourth-order valence-electron chi connectivity index (χ4n) is 3.19. The predicted octanol–water partition coefficient (Wildman–Crippen LogP) is 4.84. The van der Waals surface area contributed by atoms with Crippen molar-refractivity contribution >= 4 is 53.7 Å². The molecule has 39 heavy (non-hydrogen) atoms. The van der Waals surface area contributed by atoms with Crippen LogP contribution in [0.2, 0.25) is 0 Å². The molecule has 208 valence electrons. The highest BCUT2D eigenvalue weighted by atomic mass is 35.7. The molecule has 0 bridgehead atoms. The van der Waals surface area contributed by atoms with Crippen LogP contribution in [0.15, 0.2) is 95.8 Å². The third-order valence-corrected chi connectivity index (χ3v) is 7.34. The van der Waals surface area contributed by atoms with E-state index in [1.165, 1.54) is 18.2 Å². The topological polar surface area (TPSA) is 118 Å². The molecule has 0 saturated carbocycles. The van der Waals surface area contributed by atoms with Gasteiger partial charge < -0.3 is 5.32 Å². The van der Waals surface area contributed by atoms with Gasteiger partial charge in [-0.3, -0.25) is 9.59 Å². The van der Waals surface area contributed by atoms with E-state index >= 15 is 0 Å². The van der Waals surface area contributed by atoms with Crippen LogP contribution in [0.3, 0.4) is 0 Å². The molecule has 2 aliphatic rings. The van der Waals surface area contributed by atoms with Crippen LogP contribution in [-0.2, 0) is 28.7 Å².